The Hall–Kier alpha value is -1.28. The highest BCUT2D eigenvalue weighted by atomic mass is 19.2. The summed E-state index contributed by atoms with van der Waals surface area (Å²) in [5.74, 6) is -1.08. The second-order valence-corrected chi connectivity index (χ2v) is 4.34. The fourth-order valence-corrected chi connectivity index (χ4v) is 1.21. The van der Waals surface area contributed by atoms with E-state index in [1.165, 1.54) is 6.92 Å². The molecule has 0 bridgehead atoms. The van der Waals surface area contributed by atoms with Gasteiger partial charge in [-0.1, -0.05) is 6.58 Å². The van der Waals surface area contributed by atoms with Gasteiger partial charge in [-0.05, 0) is 6.92 Å². The Morgan fingerprint density at radius 1 is 0.952 bits per heavy atom. The fraction of sp³-hybridized carbons (Fsp3) is 0.750. The number of esters is 1. The molecule has 0 spiro atoms. The van der Waals surface area contributed by atoms with Crippen LogP contribution in [0.2, 0.25) is 0 Å². The molecule has 0 aliphatic rings. The molecule has 0 saturated heterocycles. The molecule has 0 fully saturated rings. The maximum absolute atomic E-state index is 13.2. The lowest BCUT2D eigenvalue weighted by atomic mass is 10.0. The van der Waals surface area contributed by atoms with Crippen LogP contribution in [0.4, 0.5) is 30.7 Å². The minimum absolute atomic E-state index is 0.134. The number of carbonyl (C=O) groups is 1. The molecule has 0 aromatic rings. The van der Waals surface area contributed by atoms with Gasteiger partial charge in [0, 0.05) is 5.57 Å². The van der Waals surface area contributed by atoms with Crippen molar-refractivity contribution in [3.63, 3.8) is 0 Å². The molecule has 0 heterocycles. The summed E-state index contributed by atoms with van der Waals surface area (Å²) in [6.45, 7) is 1.17. The van der Waals surface area contributed by atoms with E-state index in [0.29, 0.717) is 0 Å². The lowest BCUT2D eigenvalue weighted by molar-refractivity contribution is -0.142. The zero-order chi connectivity index (χ0) is 16.7. The van der Waals surface area contributed by atoms with Gasteiger partial charge in [0.05, 0.1) is 0 Å². The highest BCUT2D eigenvalue weighted by Gasteiger charge is 2.43. The van der Waals surface area contributed by atoms with E-state index in [4.69, 9.17) is 0 Å². The average Bonchev–Trinajstić information content (AvgIpc) is 2.47. The first kappa shape index (κ1) is 19.7. The zero-order valence-corrected chi connectivity index (χ0v) is 11.0. The minimum Gasteiger partial charge on any atom is -0.459 e. The van der Waals surface area contributed by atoms with Crippen LogP contribution in [0.15, 0.2) is 12.2 Å². The fourth-order valence-electron chi connectivity index (χ4n) is 1.21. The van der Waals surface area contributed by atoms with Gasteiger partial charge >= 0.3 is 5.97 Å². The van der Waals surface area contributed by atoms with E-state index in [1.54, 1.807) is 0 Å². The third kappa shape index (κ3) is 5.92. The average molecular weight is 324 g/mol. The van der Waals surface area contributed by atoms with E-state index in [1.807, 2.05) is 0 Å². The molecule has 21 heavy (non-hydrogen) atoms. The molecule has 124 valence electrons. The first-order valence-electron chi connectivity index (χ1n) is 5.86. The maximum Gasteiger partial charge on any atom is 0.333 e. The third-order valence-electron chi connectivity index (χ3n) is 2.47. The molecule has 9 heteroatoms. The van der Waals surface area contributed by atoms with E-state index < -0.39 is 56.3 Å². The lowest BCUT2D eigenvalue weighted by Gasteiger charge is -2.23. The predicted molar refractivity (Wildman–Crippen MR) is 61.1 cm³/mol. The molecule has 6 unspecified atom stereocenters. The smallest absolute Gasteiger partial charge is 0.333 e. The number of alkyl halides is 7. The van der Waals surface area contributed by atoms with Gasteiger partial charge < -0.3 is 4.74 Å². The van der Waals surface area contributed by atoms with Gasteiger partial charge in [-0.2, -0.15) is 0 Å². The lowest BCUT2D eigenvalue weighted by Crippen LogP contribution is -2.44. The van der Waals surface area contributed by atoms with Crippen molar-refractivity contribution in [3.8, 4) is 0 Å². The number of hydrogen-bond donors (Lipinski definition) is 0. The van der Waals surface area contributed by atoms with Crippen molar-refractivity contribution < 1.29 is 40.3 Å². The molecule has 2 nitrogen and oxygen atoms in total. The molecule has 0 aliphatic carbocycles. The van der Waals surface area contributed by atoms with E-state index in [9.17, 15) is 35.5 Å². The van der Waals surface area contributed by atoms with Crippen molar-refractivity contribution in [1.29, 1.82) is 0 Å². The maximum atomic E-state index is 13.2. The van der Waals surface area contributed by atoms with Gasteiger partial charge in [-0.3, -0.25) is 0 Å². The topological polar surface area (TPSA) is 26.3 Å². The number of ether oxygens (including phenoxy) is 1. The minimum atomic E-state index is -3.39. The first-order valence-corrected chi connectivity index (χ1v) is 5.86. The Kier molecular flexibility index (Phi) is 8.34. The van der Waals surface area contributed by atoms with Crippen LogP contribution in [0.5, 0.6) is 0 Å². The van der Waals surface area contributed by atoms with Crippen molar-refractivity contribution in [2.75, 3.05) is 13.3 Å². The van der Waals surface area contributed by atoms with Crippen LogP contribution in [-0.2, 0) is 9.53 Å². The first-order chi connectivity index (χ1) is 9.63. The van der Waals surface area contributed by atoms with E-state index in [-0.39, 0.29) is 5.57 Å². The Morgan fingerprint density at radius 3 is 1.76 bits per heavy atom. The predicted octanol–water partition coefficient (Wildman–Crippen LogP) is 3.10. The van der Waals surface area contributed by atoms with Gasteiger partial charge in [-0.15, -0.1) is 0 Å². The van der Waals surface area contributed by atoms with Crippen LogP contribution in [0.3, 0.4) is 0 Å². The van der Waals surface area contributed by atoms with E-state index in [2.05, 4.69) is 11.3 Å². The summed E-state index contributed by atoms with van der Waals surface area (Å²) in [6, 6.07) is 0. The highest BCUT2D eigenvalue weighted by Crippen LogP contribution is 2.24. The molecule has 0 aromatic carbocycles. The largest absolute Gasteiger partial charge is 0.459 e. The van der Waals surface area contributed by atoms with Gasteiger partial charge in [0.1, 0.15) is 13.3 Å². The van der Waals surface area contributed by atoms with Crippen LogP contribution >= 0.6 is 0 Å². The summed E-state index contributed by atoms with van der Waals surface area (Å²) >= 11 is 0. The second-order valence-electron chi connectivity index (χ2n) is 4.34. The number of halogens is 7. The zero-order valence-electron chi connectivity index (χ0n) is 11.0. The standard InChI is InChI=1S/C12H15F7O2/c1-5(2)12(20)21-4-7(15)9(17)11(19)10(18)8(16)6(14)3-13/h6-11H,1,3-4H2,2H3. The van der Waals surface area contributed by atoms with Crippen molar-refractivity contribution in [1.82, 2.24) is 0 Å². The number of rotatable bonds is 9. The quantitative estimate of drug-likeness (QED) is 0.370. The summed E-state index contributed by atoms with van der Waals surface area (Å²) in [6.07, 6.45) is -19.0. The van der Waals surface area contributed by atoms with Gasteiger partial charge in [0.15, 0.2) is 37.0 Å². The van der Waals surface area contributed by atoms with E-state index in [0.717, 1.165) is 0 Å². The van der Waals surface area contributed by atoms with Crippen molar-refractivity contribution >= 4 is 5.97 Å². The Balaban J connectivity index is 4.50. The highest BCUT2D eigenvalue weighted by molar-refractivity contribution is 5.86. The Labute approximate surface area is 116 Å². The Morgan fingerprint density at radius 2 is 1.38 bits per heavy atom. The molecule has 0 amide bonds. The molecule has 0 rings (SSSR count). The molecule has 0 radical (unpaired) electrons. The summed E-state index contributed by atoms with van der Waals surface area (Å²) in [5, 5.41) is 0. The van der Waals surface area contributed by atoms with Crippen molar-refractivity contribution in [3.05, 3.63) is 12.2 Å². The summed E-state index contributed by atoms with van der Waals surface area (Å²) in [4.78, 5) is 10.9. The van der Waals surface area contributed by atoms with Crippen LogP contribution in [-0.4, -0.2) is 56.3 Å². The molecular weight excluding hydrogens is 309 g/mol. The van der Waals surface area contributed by atoms with Crippen LogP contribution in [0, 0.1) is 0 Å². The van der Waals surface area contributed by atoms with Crippen molar-refractivity contribution in [2.45, 2.75) is 44.0 Å². The molecule has 0 saturated carbocycles. The van der Waals surface area contributed by atoms with Crippen molar-refractivity contribution in [2.24, 2.45) is 0 Å². The Bertz CT molecular complexity index is 352. The monoisotopic (exact) mass is 324 g/mol. The van der Waals surface area contributed by atoms with Gasteiger partial charge in [-0.25, -0.2) is 35.5 Å². The summed E-state index contributed by atoms with van der Waals surface area (Å²) in [7, 11) is 0. The molecule has 0 aromatic heterocycles. The van der Waals surface area contributed by atoms with Crippen LogP contribution < -0.4 is 0 Å². The SMILES string of the molecule is C=C(C)C(=O)OCC(F)C(F)C(F)C(F)C(F)C(F)CF. The summed E-state index contributed by atoms with van der Waals surface area (Å²) in [5.41, 5.74) is -0.134. The van der Waals surface area contributed by atoms with E-state index >= 15 is 0 Å². The third-order valence-corrected chi connectivity index (χ3v) is 2.47. The molecular formula is C12H15F7O2. The number of carbonyl (C=O) groups excluding carboxylic acids is 1. The van der Waals surface area contributed by atoms with Gasteiger partial charge in [0.25, 0.3) is 0 Å². The normalized spacial score (nSPS) is 20.0. The second kappa shape index (κ2) is 8.89. The summed E-state index contributed by atoms with van der Waals surface area (Å²) < 4.78 is 94.0. The van der Waals surface area contributed by atoms with Gasteiger partial charge in [0.2, 0.25) is 0 Å². The molecule has 0 aliphatic heterocycles. The number of hydrogen-bond acceptors (Lipinski definition) is 2. The van der Waals surface area contributed by atoms with Crippen LogP contribution in [0.1, 0.15) is 6.92 Å². The van der Waals surface area contributed by atoms with Crippen LogP contribution in [0.25, 0.3) is 0 Å². The molecule has 6 atom stereocenters. The molecule has 0 N–H and O–H groups in total.